The third-order valence-corrected chi connectivity index (χ3v) is 7.56. The zero-order chi connectivity index (χ0) is 25.6. The summed E-state index contributed by atoms with van der Waals surface area (Å²) in [5, 5.41) is 0. The minimum Gasteiger partial charge on any atom is -0.467 e. The van der Waals surface area contributed by atoms with Gasteiger partial charge >= 0.3 is 0 Å². The van der Waals surface area contributed by atoms with E-state index in [0.29, 0.717) is 12.3 Å². The Hall–Kier alpha value is -2.90. The van der Waals surface area contributed by atoms with Gasteiger partial charge in [0.1, 0.15) is 5.76 Å². The van der Waals surface area contributed by atoms with Crippen LogP contribution in [0, 0.1) is 5.92 Å². The third-order valence-electron chi connectivity index (χ3n) is 5.73. The van der Waals surface area contributed by atoms with Gasteiger partial charge in [0.05, 0.1) is 24.2 Å². The van der Waals surface area contributed by atoms with Crippen molar-refractivity contribution in [3.05, 3.63) is 89.9 Å². The van der Waals surface area contributed by atoms with Crippen LogP contribution in [0.15, 0.2) is 82.3 Å². The van der Waals surface area contributed by atoms with E-state index in [0.717, 1.165) is 11.1 Å². The first kappa shape index (κ1) is 26.7. The Balaban J connectivity index is 1.87. The molecular weight excluding hydrogens is 460 g/mol. The Labute approximate surface area is 209 Å². The van der Waals surface area contributed by atoms with Crippen molar-refractivity contribution in [3.8, 4) is 0 Å². The van der Waals surface area contributed by atoms with Gasteiger partial charge in [-0.3, -0.25) is 4.79 Å². The van der Waals surface area contributed by atoms with Gasteiger partial charge in [0.25, 0.3) is 0 Å². The van der Waals surface area contributed by atoms with E-state index in [9.17, 15) is 13.2 Å². The first-order chi connectivity index (χ1) is 16.5. The van der Waals surface area contributed by atoms with E-state index in [1.165, 1.54) is 4.31 Å². The summed E-state index contributed by atoms with van der Waals surface area (Å²) in [4.78, 5) is 15.3. The van der Waals surface area contributed by atoms with Crippen LogP contribution in [-0.2, 0) is 33.3 Å². The van der Waals surface area contributed by atoms with Crippen LogP contribution in [0.2, 0.25) is 0 Å². The second-order valence-electron chi connectivity index (χ2n) is 10.3. The quantitative estimate of drug-likeness (QED) is 0.374. The van der Waals surface area contributed by atoms with Crippen molar-refractivity contribution in [2.24, 2.45) is 5.92 Å². The average molecular weight is 497 g/mol. The first-order valence-electron chi connectivity index (χ1n) is 11.9. The largest absolute Gasteiger partial charge is 0.467 e. The number of rotatable bonds is 10. The lowest BCUT2D eigenvalue weighted by Gasteiger charge is -2.28. The zero-order valence-electron chi connectivity index (χ0n) is 21.3. The highest BCUT2D eigenvalue weighted by atomic mass is 32.2. The highest BCUT2D eigenvalue weighted by Crippen LogP contribution is 2.25. The number of benzene rings is 2. The van der Waals surface area contributed by atoms with E-state index in [-0.39, 0.29) is 41.8 Å². The van der Waals surface area contributed by atoms with Crippen molar-refractivity contribution in [1.82, 2.24) is 9.21 Å². The third kappa shape index (κ3) is 7.29. The maximum atomic E-state index is 13.6. The molecule has 0 fully saturated rings. The number of carbonyl (C=O) groups is 1. The molecule has 1 amide bonds. The molecule has 0 aliphatic heterocycles. The summed E-state index contributed by atoms with van der Waals surface area (Å²) in [6.45, 7) is 10.8. The smallest absolute Gasteiger partial charge is 0.243 e. The standard InChI is InChI=1S/C28H36N2O4S/c1-22(2)18-30(35(32,33)26-15-13-24(14-16-26)28(3,4)5)21-27(31)29(20-25-12-9-17-34-25)19-23-10-7-6-8-11-23/h6-17,22H,18-21H2,1-5H3. The fraction of sp³-hybridized carbons (Fsp3) is 0.393. The summed E-state index contributed by atoms with van der Waals surface area (Å²) in [7, 11) is -3.86. The molecular formula is C28H36N2O4S. The number of carbonyl (C=O) groups excluding carboxylic acids is 1. The van der Waals surface area contributed by atoms with Crippen molar-refractivity contribution >= 4 is 15.9 Å². The van der Waals surface area contributed by atoms with Crippen molar-refractivity contribution < 1.29 is 17.6 Å². The van der Waals surface area contributed by atoms with E-state index in [2.05, 4.69) is 20.8 Å². The van der Waals surface area contributed by atoms with E-state index >= 15 is 0 Å². The lowest BCUT2D eigenvalue weighted by Crippen LogP contribution is -2.43. The van der Waals surface area contributed by atoms with Crippen LogP contribution in [0.25, 0.3) is 0 Å². The number of nitrogens with zero attached hydrogens (tertiary/aromatic N) is 2. The van der Waals surface area contributed by atoms with Gasteiger partial charge in [-0.05, 0) is 46.7 Å². The molecule has 3 aromatic rings. The van der Waals surface area contributed by atoms with Gasteiger partial charge in [-0.2, -0.15) is 4.31 Å². The van der Waals surface area contributed by atoms with E-state index in [1.807, 2.05) is 62.4 Å². The van der Waals surface area contributed by atoms with Crippen molar-refractivity contribution in [1.29, 1.82) is 0 Å². The van der Waals surface area contributed by atoms with Crippen LogP contribution in [0.1, 0.15) is 51.5 Å². The van der Waals surface area contributed by atoms with Gasteiger partial charge in [-0.15, -0.1) is 0 Å². The molecule has 0 aliphatic rings. The fourth-order valence-electron chi connectivity index (χ4n) is 3.81. The molecule has 0 atom stereocenters. The van der Waals surface area contributed by atoms with E-state index in [4.69, 9.17) is 4.42 Å². The molecule has 7 heteroatoms. The van der Waals surface area contributed by atoms with Crippen LogP contribution in [0.4, 0.5) is 0 Å². The monoisotopic (exact) mass is 496 g/mol. The van der Waals surface area contributed by atoms with E-state index in [1.54, 1.807) is 29.4 Å². The number of hydrogen-bond acceptors (Lipinski definition) is 4. The molecule has 188 valence electrons. The fourth-order valence-corrected chi connectivity index (χ4v) is 5.36. The highest BCUT2D eigenvalue weighted by molar-refractivity contribution is 7.89. The molecule has 0 N–H and O–H groups in total. The van der Waals surface area contributed by atoms with Gasteiger partial charge in [0, 0.05) is 13.1 Å². The Kier molecular flexibility index (Phi) is 8.56. The Bertz CT molecular complexity index is 1180. The summed E-state index contributed by atoms with van der Waals surface area (Å²) < 4.78 is 34.0. The van der Waals surface area contributed by atoms with Crippen molar-refractivity contribution in [2.45, 2.75) is 58.0 Å². The maximum Gasteiger partial charge on any atom is 0.243 e. The summed E-state index contributed by atoms with van der Waals surface area (Å²) in [6.07, 6.45) is 1.57. The normalized spacial score (nSPS) is 12.3. The van der Waals surface area contributed by atoms with Gasteiger partial charge in [-0.1, -0.05) is 77.1 Å². The highest BCUT2D eigenvalue weighted by Gasteiger charge is 2.30. The molecule has 3 rings (SSSR count). The SMILES string of the molecule is CC(C)CN(CC(=O)N(Cc1ccccc1)Cc1ccco1)S(=O)(=O)c1ccc(C(C)(C)C)cc1. The predicted octanol–water partition coefficient (Wildman–Crippen LogP) is 5.45. The molecule has 0 saturated carbocycles. The Morgan fingerprint density at radius 2 is 1.57 bits per heavy atom. The Morgan fingerprint density at radius 3 is 2.11 bits per heavy atom. The average Bonchev–Trinajstić information content (AvgIpc) is 3.31. The molecule has 0 saturated heterocycles. The van der Waals surface area contributed by atoms with Gasteiger partial charge in [0.15, 0.2) is 0 Å². The summed E-state index contributed by atoms with van der Waals surface area (Å²) in [6, 6.07) is 20.2. The topological polar surface area (TPSA) is 70.8 Å². The molecule has 2 aromatic carbocycles. The van der Waals surface area contributed by atoms with Gasteiger partial charge in [0.2, 0.25) is 15.9 Å². The van der Waals surface area contributed by atoms with Crippen LogP contribution in [0.5, 0.6) is 0 Å². The van der Waals surface area contributed by atoms with Crippen LogP contribution in [-0.4, -0.2) is 36.6 Å². The molecule has 0 spiro atoms. The molecule has 1 heterocycles. The molecule has 0 bridgehead atoms. The number of furan rings is 1. The molecule has 6 nitrogen and oxygen atoms in total. The van der Waals surface area contributed by atoms with E-state index < -0.39 is 10.0 Å². The summed E-state index contributed by atoms with van der Waals surface area (Å²) >= 11 is 0. The summed E-state index contributed by atoms with van der Waals surface area (Å²) in [5.41, 5.74) is 1.93. The molecule has 0 unspecified atom stereocenters. The van der Waals surface area contributed by atoms with Crippen molar-refractivity contribution in [2.75, 3.05) is 13.1 Å². The first-order valence-corrected chi connectivity index (χ1v) is 13.4. The van der Waals surface area contributed by atoms with Crippen LogP contribution < -0.4 is 0 Å². The molecule has 1 aromatic heterocycles. The minimum atomic E-state index is -3.86. The minimum absolute atomic E-state index is 0.0547. The molecule has 35 heavy (non-hydrogen) atoms. The molecule has 0 aliphatic carbocycles. The second-order valence-corrected chi connectivity index (χ2v) is 12.2. The number of hydrogen-bond donors (Lipinski definition) is 0. The molecule has 0 radical (unpaired) electrons. The number of amides is 1. The van der Waals surface area contributed by atoms with Gasteiger partial charge in [-0.25, -0.2) is 8.42 Å². The van der Waals surface area contributed by atoms with Crippen molar-refractivity contribution in [3.63, 3.8) is 0 Å². The Morgan fingerprint density at radius 1 is 0.914 bits per heavy atom. The van der Waals surface area contributed by atoms with Crippen LogP contribution in [0.3, 0.4) is 0 Å². The zero-order valence-corrected chi connectivity index (χ0v) is 22.1. The number of sulfonamides is 1. The second kappa shape index (κ2) is 11.2. The lowest BCUT2D eigenvalue weighted by molar-refractivity contribution is -0.133. The summed E-state index contributed by atoms with van der Waals surface area (Å²) in [5.74, 6) is 0.421. The van der Waals surface area contributed by atoms with Crippen LogP contribution >= 0.6 is 0 Å². The predicted molar refractivity (Wildman–Crippen MR) is 138 cm³/mol. The van der Waals surface area contributed by atoms with Gasteiger partial charge < -0.3 is 9.32 Å². The maximum absolute atomic E-state index is 13.6. The lowest BCUT2D eigenvalue weighted by atomic mass is 9.87.